The molecular weight excluding hydrogens is 536 g/mol. The zero-order chi connectivity index (χ0) is 29.1. The molecule has 0 radical (unpaired) electrons. The fraction of sp³-hybridized carbons (Fsp3) is 0.833. The standard InChI is InChI=1S/C30H40O11/c1-14-23-24(39-13-38-23)22(33)26(40-14)41-16-4-7-27(2)20-18(5-8-29(27,35)11-16)30(36)9-6-17(15-10-19(31)37-12-15)28(30,3)25(34)21(20)32/h10,14,16-18,20-21,23-24,26,32,35-36H,4-9,11-13H2,1-3H3/t14-,16-,17+,18+,20-,21-,23+,24-,26+,27+,28-,29+,30-/m0/s1. The van der Waals surface area contributed by atoms with Crippen LogP contribution >= 0.6 is 0 Å². The van der Waals surface area contributed by atoms with Gasteiger partial charge < -0.3 is 39.0 Å². The third-order valence-corrected chi connectivity index (χ3v) is 12.4. The number of hydrogen-bond donors (Lipinski definition) is 3. The highest BCUT2D eigenvalue weighted by Gasteiger charge is 2.75. The number of aliphatic hydroxyl groups is 3. The molecular formula is C30H40O11. The number of carbonyl (C=O) groups is 3. The Balaban J connectivity index is 1.14. The zero-order valence-corrected chi connectivity index (χ0v) is 23.7. The molecule has 13 atom stereocenters. The van der Waals surface area contributed by atoms with Gasteiger partial charge in [0.1, 0.15) is 25.6 Å². The predicted molar refractivity (Wildman–Crippen MR) is 138 cm³/mol. The normalized spacial score (nSPS) is 54.6. The SMILES string of the molecule is C[C@@H]1O[C@H](O[C@H]2CC[C@]3(C)[C@@H]4[C@H](O)C(=O)[C@]5(C)[C@@H](C6=CC(=O)OC6)CC[C@]5(O)[C@@H]4CC[C@@]3(O)C2)C(=O)[C@@H]2OCO[C@H]12. The van der Waals surface area contributed by atoms with Gasteiger partial charge in [0.2, 0.25) is 12.1 Å². The Morgan fingerprint density at radius 3 is 2.54 bits per heavy atom. The molecule has 3 N–H and O–H groups in total. The van der Waals surface area contributed by atoms with Gasteiger partial charge in [0.25, 0.3) is 0 Å². The van der Waals surface area contributed by atoms with Crippen LogP contribution in [0.3, 0.4) is 0 Å². The molecule has 2 saturated heterocycles. The number of Topliss-reactive ketones (excluding diaryl/α,β-unsaturated/α-hetero) is 2. The number of ketones is 2. The van der Waals surface area contributed by atoms with Crippen LogP contribution in [0.4, 0.5) is 0 Å². The van der Waals surface area contributed by atoms with E-state index in [1.165, 1.54) is 6.08 Å². The lowest BCUT2D eigenvalue weighted by atomic mass is 9.41. The lowest BCUT2D eigenvalue weighted by molar-refractivity contribution is -0.282. The summed E-state index contributed by atoms with van der Waals surface area (Å²) in [5.74, 6) is -2.68. The lowest BCUT2D eigenvalue weighted by Crippen LogP contribution is -2.73. The molecule has 4 aliphatic carbocycles. The van der Waals surface area contributed by atoms with Gasteiger partial charge in [-0.05, 0) is 69.8 Å². The summed E-state index contributed by atoms with van der Waals surface area (Å²) in [6, 6.07) is 0. The third-order valence-electron chi connectivity index (χ3n) is 12.4. The van der Waals surface area contributed by atoms with Crippen molar-refractivity contribution in [3.05, 3.63) is 11.6 Å². The number of cyclic esters (lactones) is 1. The summed E-state index contributed by atoms with van der Waals surface area (Å²) >= 11 is 0. The van der Waals surface area contributed by atoms with Crippen LogP contribution in [0.15, 0.2) is 11.6 Å². The molecule has 11 heteroatoms. The number of aliphatic hydroxyl groups excluding tert-OH is 1. The summed E-state index contributed by atoms with van der Waals surface area (Å²) in [7, 11) is 0. The van der Waals surface area contributed by atoms with E-state index in [9.17, 15) is 29.7 Å². The largest absolute Gasteiger partial charge is 0.458 e. The van der Waals surface area contributed by atoms with E-state index >= 15 is 0 Å². The van der Waals surface area contributed by atoms with Crippen LogP contribution in [0.2, 0.25) is 0 Å². The number of fused-ring (bicyclic) bond motifs is 6. The van der Waals surface area contributed by atoms with Gasteiger partial charge >= 0.3 is 5.97 Å². The minimum absolute atomic E-state index is 0.0300. The lowest BCUT2D eigenvalue weighted by Gasteiger charge is -2.66. The van der Waals surface area contributed by atoms with Crippen LogP contribution in [0, 0.1) is 28.6 Å². The van der Waals surface area contributed by atoms with E-state index in [1.807, 2.05) is 13.8 Å². The maximum Gasteiger partial charge on any atom is 0.331 e. The Bertz CT molecular complexity index is 1200. The van der Waals surface area contributed by atoms with E-state index in [4.69, 9.17) is 23.7 Å². The average Bonchev–Trinajstić information content (AvgIpc) is 3.65. The average molecular weight is 577 g/mol. The molecule has 6 fully saturated rings. The molecule has 226 valence electrons. The highest BCUT2D eigenvalue weighted by Crippen LogP contribution is 2.69. The summed E-state index contributed by atoms with van der Waals surface area (Å²) in [4.78, 5) is 38.9. The molecule has 0 unspecified atom stereocenters. The molecule has 4 saturated carbocycles. The van der Waals surface area contributed by atoms with Crippen molar-refractivity contribution < 1.29 is 53.4 Å². The second-order valence-electron chi connectivity index (χ2n) is 13.9. The van der Waals surface area contributed by atoms with Crippen molar-refractivity contribution in [3.8, 4) is 0 Å². The maximum absolute atomic E-state index is 14.1. The van der Waals surface area contributed by atoms with E-state index in [-0.39, 0.29) is 25.6 Å². The Labute approximate surface area is 238 Å². The molecule has 11 nitrogen and oxygen atoms in total. The van der Waals surface area contributed by atoms with Gasteiger partial charge in [0, 0.05) is 23.8 Å². The summed E-state index contributed by atoms with van der Waals surface area (Å²) in [5, 5.41) is 36.3. The van der Waals surface area contributed by atoms with Crippen molar-refractivity contribution >= 4 is 17.5 Å². The molecule has 3 heterocycles. The fourth-order valence-electron chi connectivity index (χ4n) is 10.0. The molecule has 0 aromatic heterocycles. The van der Waals surface area contributed by atoms with Crippen LogP contribution in [-0.2, 0) is 38.1 Å². The molecule has 7 rings (SSSR count). The van der Waals surface area contributed by atoms with Crippen LogP contribution in [0.5, 0.6) is 0 Å². The van der Waals surface area contributed by atoms with Crippen LogP contribution < -0.4 is 0 Å². The summed E-state index contributed by atoms with van der Waals surface area (Å²) in [6.07, 6.45) is -0.358. The highest BCUT2D eigenvalue weighted by atomic mass is 16.8. The van der Waals surface area contributed by atoms with Crippen molar-refractivity contribution in [2.75, 3.05) is 13.4 Å². The van der Waals surface area contributed by atoms with Crippen molar-refractivity contribution in [3.63, 3.8) is 0 Å². The van der Waals surface area contributed by atoms with Crippen LogP contribution in [0.1, 0.15) is 65.7 Å². The number of hydrogen-bond acceptors (Lipinski definition) is 11. The van der Waals surface area contributed by atoms with Gasteiger partial charge in [0.05, 0.1) is 28.8 Å². The van der Waals surface area contributed by atoms with Gasteiger partial charge in [-0.25, -0.2) is 4.79 Å². The Kier molecular flexibility index (Phi) is 6.26. The second-order valence-corrected chi connectivity index (χ2v) is 13.9. The first-order valence-electron chi connectivity index (χ1n) is 15.0. The molecule has 0 aromatic rings. The number of carbonyl (C=O) groups excluding carboxylic acids is 3. The third kappa shape index (κ3) is 3.60. The van der Waals surface area contributed by atoms with Crippen LogP contribution in [0.25, 0.3) is 0 Å². The highest BCUT2D eigenvalue weighted by molar-refractivity contribution is 5.93. The smallest absolute Gasteiger partial charge is 0.331 e. The van der Waals surface area contributed by atoms with Gasteiger partial charge in [-0.3, -0.25) is 9.59 Å². The summed E-state index contributed by atoms with van der Waals surface area (Å²) in [6.45, 7) is 5.58. The number of ether oxygens (including phenoxy) is 5. The molecule has 7 aliphatic rings. The zero-order valence-electron chi connectivity index (χ0n) is 23.7. The van der Waals surface area contributed by atoms with E-state index in [1.54, 1.807) is 6.92 Å². The van der Waals surface area contributed by atoms with Gasteiger partial charge in [-0.1, -0.05) is 6.92 Å². The molecule has 3 aliphatic heterocycles. The minimum Gasteiger partial charge on any atom is -0.458 e. The van der Waals surface area contributed by atoms with Crippen molar-refractivity contribution in [1.29, 1.82) is 0 Å². The van der Waals surface area contributed by atoms with E-state index < -0.39 is 88.3 Å². The number of esters is 1. The molecule has 41 heavy (non-hydrogen) atoms. The summed E-state index contributed by atoms with van der Waals surface area (Å²) in [5.41, 5.74) is -4.12. The van der Waals surface area contributed by atoms with Gasteiger partial charge in [-0.2, -0.15) is 0 Å². The first-order valence-corrected chi connectivity index (χ1v) is 15.0. The topological polar surface area (TPSA) is 158 Å². The second kappa shape index (κ2) is 9.14. The van der Waals surface area contributed by atoms with Crippen LogP contribution in [-0.4, -0.2) is 94.3 Å². The maximum atomic E-state index is 14.1. The fourth-order valence-corrected chi connectivity index (χ4v) is 10.0. The Morgan fingerprint density at radius 1 is 1.02 bits per heavy atom. The van der Waals surface area contributed by atoms with Crippen molar-refractivity contribution in [2.24, 2.45) is 28.6 Å². The molecule has 0 spiro atoms. The van der Waals surface area contributed by atoms with E-state index in [2.05, 4.69) is 0 Å². The summed E-state index contributed by atoms with van der Waals surface area (Å²) < 4.78 is 28.1. The van der Waals surface area contributed by atoms with E-state index in [0.717, 1.165) is 0 Å². The minimum atomic E-state index is -1.39. The Hall–Kier alpha value is -1.73. The molecule has 0 bridgehead atoms. The Morgan fingerprint density at radius 2 is 1.80 bits per heavy atom. The molecule has 0 aromatic carbocycles. The predicted octanol–water partition coefficient (Wildman–Crippen LogP) is 0.949. The first-order chi connectivity index (χ1) is 19.3. The molecule has 0 amide bonds. The number of rotatable bonds is 3. The van der Waals surface area contributed by atoms with E-state index in [0.29, 0.717) is 44.1 Å². The van der Waals surface area contributed by atoms with Crippen molar-refractivity contribution in [2.45, 2.75) is 114 Å². The van der Waals surface area contributed by atoms with Crippen molar-refractivity contribution in [1.82, 2.24) is 0 Å². The first kappa shape index (κ1) is 28.1. The quantitative estimate of drug-likeness (QED) is 0.324. The van der Waals surface area contributed by atoms with Gasteiger partial charge in [-0.15, -0.1) is 0 Å². The van der Waals surface area contributed by atoms with Gasteiger partial charge in [0.15, 0.2) is 11.9 Å². The monoisotopic (exact) mass is 576 g/mol.